The lowest BCUT2D eigenvalue weighted by Crippen LogP contribution is -2.19. The second kappa shape index (κ2) is 11.0. The summed E-state index contributed by atoms with van der Waals surface area (Å²) < 4.78 is 8.19. The van der Waals surface area contributed by atoms with Gasteiger partial charge in [-0.3, -0.25) is 9.59 Å². The molecule has 0 bridgehead atoms. The van der Waals surface area contributed by atoms with E-state index in [1.807, 2.05) is 77.6 Å². The number of aliphatic carboxylic acids is 1. The fraction of sp³-hybridized carbons (Fsp3) is 0.0690. The third-order valence-corrected chi connectivity index (χ3v) is 6.51. The average molecular weight is 510 g/mol. The summed E-state index contributed by atoms with van der Waals surface area (Å²) in [6, 6.07) is 26.6. The number of amides is 1. The van der Waals surface area contributed by atoms with E-state index in [9.17, 15) is 9.59 Å². The van der Waals surface area contributed by atoms with Crippen molar-refractivity contribution in [2.75, 3.05) is 0 Å². The molecular formula is C29H23N3O4S. The van der Waals surface area contributed by atoms with Gasteiger partial charge in [0.05, 0.1) is 17.0 Å². The molecule has 37 heavy (non-hydrogen) atoms. The van der Waals surface area contributed by atoms with Gasteiger partial charge < -0.3 is 19.7 Å². The molecular weight excluding hydrogens is 486 g/mol. The van der Waals surface area contributed by atoms with Crippen molar-refractivity contribution in [1.29, 1.82) is 0 Å². The first-order valence-electron chi connectivity index (χ1n) is 11.6. The number of aliphatic imine (C=N–C) groups is 1. The number of ether oxygens (including phenoxy) is 1. The van der Waals surface area contributed by atoms with Gasteiger partial charge in [-0.2, -0.15) is 0 Å². The van der Waals surface area contributed by atoms with Gasteiger partial charge in [0.1, 0.15) is 12.4 Å². The minimum atomic E-state index is -0.888. The zero-order valence-electron chi connectivity index (χ0n) is 19.7. The summed E-state index contributed by atoms with van der Waals surface area (Å²) in [5.74, 6) is -0.467. The zero-order chi connectivity index (χ0) is 25.6. The van der Waals surface area contributed by atoms with E-state index in [2.05, 4.69) is 10.3 Å². The molecule has 3 aromatic carbocycles. The molecule has 1 amide bonds. The molecule has 1 aromatic heterocycles. The van der Waals surface area contributed by atoms with Crippen LogP contribution in [0.5, 0.6) is 5.75 Å². The Morgan fingerprint density at radius 2 is 1.73 bits per heavy atom. The molecule has 1 aliphatic rings. The largest absolute Gasteiger partial charge is 0.488 e. The number of aromatic nitrogens is 1. The van der Waals surface area contributed by atoms with Crippen LogP contribution < -0.4 is 10.1 Å². The lowest BCUT2D eigenvalue weighted by Gasteiger charge is -2.12. The number of hydrogen-bond acceptors (Lipinski definition) is 5. The highest BCUT2D eigenvalue weighted by atomic mass is 32.2. The predicted molar refractivity (Wildman–Crippen MR) is 145 cm³/mol. The normalized spacial score (nSPS) is 15.2. The Balaban J connectivity index is 1.38. The number of thioether (sulfide) groups is 1. The third kappa shape index (κ3) is 6.17. The predicted octanol–water partition coefficient (Wildman–Crippen LogP) is 5.58. The molecule has 1 saturated heterocycles. The number of carbonyl (C=O) groups excluding carboxylic acids is 1. The summed E-state index contributed by atoms with van der Waals surface area (Å²) in [7, 11) is 0. The first-order valence-corrected chi connectivity index (χ1v) is 12.4. The third-order valence-electron chi connectivity index (χ3n) is 5.60. The number of carboxylic acid groups (broad SMARTS) is 1. The van der Waals surface area contributed by atoms with Crippen LogP contribution in [-0.2, 0) is 22.6 Å². The maximum atomic E-state index is 12.7. The van der Waals surface area contributed by atoms with Crippen LogP contribution in [0, 0.1) is 0 Å². The zero-order valence-corrected chi connectivity index (χ0v) is 20.5. The van der Waals surface area contributed by atoms with Crippen molar-refractivity contribution in [3.05, 3.63) is 119 Å². The topological polar surface area (TPSA) is 92.9 Å². The van der Waals surface area contributed by atoms with Crippen molar-refractivity contribution in [2.24, 2.45) is 4.99 Å². The van der Waals surface area contributed by atoms with E-state index in [4.69, 9.17) is 9.84 Å². The van der Waals surface area contributed by atoms with Crippen LogP contribution in [-0.4, -0.2) is 26.7 Å². The van der Waals surface area contributed by atoms with Crippen LogP contribution >= 0.6 is 11.8 Å². The maximum Gasteiger partial charge on any atom is 0.307 e. The Labute approximate surface area is 218 Å². The first kappa shape index (κ1) is 24.1. The summed E-state index contributed by atoms with van der Waals surface area (Å²) >= 11 is 1.24. The summed E-state index contributed by atoms with van der Waals surface area (Å²) in [5.41, 5.74) is 4.09. The van der Waals surface area contributed by atoms with E-state index in [1.165, 1.54) is 11.8 Å². The van der Waals surface area contributed by atoms with Gasteiger partial charge in [-0.05, 0) is 65.4 Å². The summed E-state index contributed by atoms with van der Waals surface area (Å²) in [5, 5.41) is 12.2. The number of hydrogen-bond donors (Lipinski definition) is 2. The number of amidine groups is 1. The van der Waals surface area contributed by atoms with Gasteiger partial charge in [0.25, 0.3) is 5.91 Å². The molecule has 0 radical (unpaired) electrons. The highest BCUT2D eigenvalue weighted by molar-refractivity contribution is 8.18. The van der Waals surface area contributed by atoms with Crippen molar-refractivity contribution in [1.82, 2.24) is 9.88 Å². The van der Waals surface area contributed by atoms with Crippen LogP contribution in [0.2, 0.25) is 0 Å². The monoisotopic (exact) mass is 509 g/mol. The summed E-state index contributed by atoms with van der Waals surface area (Å²) in [6.45, 7) is 0.399. The molecule has 184 valence electrons. The Hall–Kier alpha value is -4.56. The standard InChI is InChI=1S/C29H23N3O4S/c33-27(34)16-20-8-11-23(12-9-20)30-29-31-28(35)26(37-29)17-22-10-13-24(32-14-4-5-15-32)18-25(22)36-19-21-6-2-1-3-7-21/h1-15,17-18H,16,19H2,(H,33,34)(H,30,31,35). The number of nitrogens with one attached hydrogen (secondary N) is 1. The van der Waals surface area contributed by atoms with E-state index in [1.54, 1.807) is 30.3 Å². The average Bonchev–Trinajstić information content (AvgIpc) is 3.55. The van der Waals surface area contributed by atoms with Gasteiger partial charge in [0, 0.05) is 29.7 Å². The van der Waals surface area contributed by atoms with Crippen molar-refractivity contribution in [3.8, 4) is 11.4 Å². The van der Waals surface area contributed by atoms with Crippen molar-refractivity contribution in [3.63, 3.8) is 0 Å². The molecule has 1 fully saturated rings. The van der Waals surface area contributed by atoms with Crippen molar-refractivity contribution < 1.29 is 19.4 Å². The Bertz CT molecular complexity index is 1480. The fourth-order valence-electron chi connectivity index (χ4n) is 3.77. The smallest absolute Gasteiger partial charge is 0.307 e. The molecule has 1 aliphatic heterocycles. The van der Waals surface area contributed by atoms with E-state index < -0.39 is 5.97 Å². The quantitative estimate of drug-likeness (QED) is 0.303. The van der Waals surface area contributed by atoms with Gasteiger partial charge in [0.15, 0.2) is 5.17 Å². The first-order chi connectivity index (χ1) is 18.0. The van der Waals surface area contributed by atoms with Crippen LogP contribution in [0.4, 0.5) is 5.69 Å². The molecule has 8 heteroatoms. The van der Waals surface area contributed by atoms with Crippen LogP contribution in [0.15, 0.2) is 107 Å². The molecule has 2 N–H and O–H groups in total. The molecule has 0 unspecified atom stereocenters. The Morgan fingerprint density at radius 3 is 2.46 bits per heavy atom. The van der Waals surface area contributed by atoms with Gasteiger partial charge in [0.2, 0.25) is 0 Å². The van der Waals surface area contributed by atoms with E-state index in [0.29, 0.717) is 33.7 Å². The van der Waals surface area contributed by atoms with Gasteiger partial charge in [-0.25, -0.2) is 4.99 Å². The lowest BCUT2D eigenvalue weighted by atomic mass is 10.1. The lowest BCUT2D eigenvalue weighted by molar-refractivity contribution is -0.136. The number of carbonyl (C=O) groups is 2. The maximum absolute atomic E-state index is 12.7. The summed E-state index contributed by atoms with van der Waals surface area (Å²) in [4.78, 5) is 28.6. The molecule has 2 heterocycles. The van der Waals surface area contributed by atoms with Crippen molar-refractivity contribution in [2.45, 2.75) is 13.0 Å². The molecule has 4 aromatic rings. The van der Waals surface area contributed by atoms with Crippen LogP contribution in [0.3, 0.4) is 0 Å². The molecule has 0 saturated carbocycles. The van der Waals surface area contributed by atoms with E-state index in [0.717, 1.165) is 16.8 Å². The van der Waals surface area contributed by atoms with E-state index >= 15 is 0 Å². The number of nitrogens with zero attached hydrogens (tertiary/aromatic N) is 2. The molecule has 5 rings (SSSR count). The van der Waals surface area contributed by atoms with Gasteiger partial charge >= 0.3 is 5.97 Å². The Morgan fingerprint density at radius 1 is 0.973 bits per heavy atom. The van der Waals surface area contributed by atoms with E-state index in [-0.39, 0.29) is 12.3 Å². The summed E-state index contributed by atoms with van der Waals surface area (Å²) in [6.07, 6.45) is 5.68. The van der Waals surface area contributed by atoms with Crippen LogP contribution in [0.25, 0.3) is 11.8 Å². The fourth-order valence-corrected chi connectivity index (χ4v) is 4.60. The SMILES string of the molecule is O=C(O)Cc1ccc(N=C2NC(=O)C(=Cc3ccc(-n4cccc4)cc3OCc3ccccc3)S2)cc1. The number of benzene rings is 3. The van der Waals surface area contributed by atoms with Gasteiger partial charge in [-0.15, -0.1) is 0 Å². The van der Waals surface area contributed by atoms with Gasteiger partial charge in [-0.1, -0.05) is 42.5 Å². The van der Waals surface area contributed by atoms with Crippen LogP contribution in [0.1, 0.15) is 16.7 Å². The molecule has 0 atom stereocenters. The number of rotatable bonds is 8. The molecule has 7 nitrogen and oxygen atoms in total. The second-order valence-electron chi connectivity index (χ2n) is 8.31. The highest BCUT2D eigenvalue weighted by Crippen LogP contribution is 2.32. The molecule has 0 aliphatic carbocycles. The minimum absolute atomic E-state index is 0.0486. The highest BCUT2D eigenvalue weighted by Gasteiger charge is 2.24. The Kier molecular flexibility index (Phi) is 7.19. The minimum Gasteiger partial charge on any atom is -0.488 e. The molecule has 0 spiro atoms. The second-order valence-corrected chi connectivity index (χ2v) is 9.34. The van der Waals surface area contributed by atoms with Crippen molar-refractivity contribution >= 4 is 40.6 Å². The number of carboxylic acids is 1.